The van der Waals surface area contributed by atoms with Crippen molar-refractivity contribution < 1.29 is 4.79 Å². The number of hydrogen-bond acceptors (Lipinski definition) is 4. The van der Waals surface area contributed by atoms with Gasteiger partial charge in [0.2, 0.25) is 0 Å². The van der Waals surface area contributed by atoms with Crippen molar-refractivity contribution in [2.24, 2.45) is 0 Å². The summed E-state index contributed by atoms with van der Waals surface area (Å²) in [4.78, 5) is 20.6. The van der Waals surface area contributed by atoms with Crippen LogP contribution in [0.5, 0.6) is 0 Å². The van der Waals surface area contributed by atoms with E-state index in [0.717, 1.165) is 12.8 Å². The molecular weight excluding hydrogens is 336 g/mol. The van der Waals surface area contributed by atoms with Gasteiger partial charge in [-0.15, -0.1) is 0 Å². The Morgan fingerprint density at radius 1 is 1.00 bits per heavy atom. The molecule has 0 unspecified atom stereocenters. The van der Waals surface area contributed by atoms with E-state index < -0.39 is 0 Å². The fraction of sp³-hybridized carbons (Fsp3) is 0.227. The van der Waals surface area contributed by atoms with Crippen molar-refractivity contribution in [2.45, 2.75) is 26.3 Å². The highest BCUT2D eigenvalue weighted by Crippen LogP contribution is 2.11. The molecule has 138 valence electrons. The zero-order valence-electron chi connectivity index (χ0n) is 15.5. The van der Waals surface area contributed by atoms with Crippen molar-refractivity contribution in [2.75, 3.05) is 11.9 Å². The molecule has 27 heavy (non-hydrogen) atoms. The SMILES string of the molecule is Cc1ccccc1CNc1cc(C(=O)NCCCc2ccccc2)ncn1. The third-order valence-corrected chi connectivity index (χ3v) is 4.39. The molecule has 3 rings (SSSR count). The number of rotatable bonds is 8. The first-order chi connectivity index (χ1) is 13.2. The predicted octanol–water partition coefficient (Wildman–Crippen LogP) is 3.76. The van der Waals surface area contributed by atoms with E-state index >= 15 is 0 Å². The summed E-state index contributed by atoms with van der Waals surface area (Å²) in [5.74, 6) is 0.465. The van der Waals surface area contributed by atoms with Crippen molar-refractivity contribution in [3.05, 3.63) is 89.4 Å². The second kappa shape index (κ2) is 9.48. The van der Waals surface area contributed by atoms with E-state index in [-0.39, 0.29) is 5.91 Å². The first kappa shape index (κ1) is 18.6. The number of carbonyl (C=O) groups is 1. The van der Waals surface area contributed by atoms with Gasteiger partial charge in [-0.1, -0.05) is 54.6 Å². The summed E-state index contributed by atoms with van der Waals surface area (Å²) < 4.78 is 0. The van der Waals surface area contributed by atoms with Crippen molar-refractivity contribution >= 4 is 11.7 Å². The van der Waals surface area contributed by atoms with Gasteiger partial charge < -0.3 is 10.6 Å². The highest BCUT2D eigenvalue weighted by molar-refractivity contribution is 5.92. The monoisotopic (exact) mass is 360 g/mol. The third-order valence-electron chi connectivity index (χ3n) is 4.39. The summed E-state index contributed by atoms with van der Waals surface area (Å²) in [6.07, 6.45) is 3.24. The quantitative estimate of drug-likeness (QED) is 0.600. The fourth-order valence-corrected chi connectivity index (χ4v) is 2.80. The molecule has 0 radical (unpaired) electrons. The lowest BCUT2D eigenvalue weighted by atomic mass is 10.1. The van der Waals surface area contributed by atoms with E-state index in [1.165, 1.54) is 23.0 Å². The third kappa shape index (κ3) is 5.64. The number of benzene rings is 2. The predicted molar refractivity (Wildman–Crippen MR) is 108 cm³/mol. The Morgan fingerprint density at radius 3 is 2.59 bits per heavy atom. The van der Waals surface area contributed by atoms with Crippen molar-refractivity contribution in [3.63, 3.8) is 0 Å². The second-order valence-corrected chi connectivity index (χ2v) is 6.41. The summed E-state index contributed by atoms with van der Waals surface area (Å²) in [6.45, 7) is 3.34. The molecule has 0 saturated heterocycles. The maximum Gasteiger partial charge on any atom is 0.270 e. The topological polar surface area (TPSA) is 66.9 Å². The molecule has 0 aliphatic carbocycles. The van der Waals surface area contributed by atoms with E-state index in [0.29, 0.717) is 24.6 Å². The van der Waals surface area contributed by atoms with Gasteiger partial charge in [-0.05, 0) is 36.5 Å². The van der Waals surface area contributed by atoms with Crippen LogP contribution in [0.3, 0.4) is 0 Å². The van der Waals surface area contributed by atoms with Crippen LogP contribution in [0.2, 0.25) is 0 Å². The summed E-state index contributed by atoms with van der Waals surface area (Å²) in [6, 6.07) is 20.1. The first-order valence-electron chi connectivity index (χ1n) is 9.15. The van der Waals surface area contributed by atoms with Gasteiger partial charge in [0.1, 0.15) is 17.8 Å². The lowest BCUT2D eigenvalue weighted by Gasteiger charge is -2.09. The van der Waals surface area contributed by atoms with Gasteiger partial charge in [-0.25, -0.2) is 9.97 Å². The summed E-state index contributed by atoms with van der Waals surface area (Å²) in [5, 5.41) is 6.18. The number of aryl methyl sites for hydroxylation is 2. The fourth-order valence-electron chi connectivity index (χ4n) is 2.80. The molecule has 0 saturated carbocycles. The van der Waals surface area contributed by atoms with Crippen LogP contribution in [0.15, 0.2) is 67.0 Å². The Kier molecular flexibility index (Phi) is 6.52. The molecule has 2 aromatic carbocycles. The van der Waals surface area contributed by atoms with E-state index in [1.807, 2.05) is 30.3 Å². The van der Waals surface area contributed by atoms with Crippen LogP contribution in [0.4, 0.5) is 5.82 Å². The summed E-state index contributed by atoms with van der Waals surface area (Å²) >= 11 is 0. The Hall–Kier alpha value is -3.21. The van der Waals surface area contributed by atoms with Crippen molar-refractivity contribution in [1.82, 2.24) is 15.3 Å². The van der Waals surface area contributed by atoms with Crippen LogP contribution >= 0.6 is 0 Å². The molecule has 5 nitrogen and oxygen atoms in total. The number of amides is 1. The molecule has 0 spiro atoms. The Morgan fingerprint density at radius 2 is 1.78 bits per heavy atom. The number of nitrogens with one attached hydrogen (secondary N) is 2. The highest BCUT2D eigenvalue weighted by atomic mass is 16.1. The zero-order chi connectivity index (χ0) is 18.9. The van der Waals surface area contributed by atoms with Gasteiger partial charge in [0.05, 0.1) is 0 Å². The number of hydrogen-bond donors (Lipinski definition) is 2. The molecule has 2 N–H and O–H groups in total. The van der Waals surface area contributed by atoms with E-state index in [9.17, 15) is 4.79 Å². The molecule has 0 bridgehead atoms. The maximum atomic E-state index is 12.3. The molecular formula is C22H24N4O. The van der Waals surface area contributed by atoms with E-state index in [2.05, 4.69) is 51.8 Å². The molecule has 1 amide bonds. The molecule has 0 aliphatic rings. The maximum absolute atomic E-state index is 12.3. The molecule has 1 aromatic heterocycles. The minimum Gasteiger partial charge on any atom is -0.366 e. The second-order valence-electron chi connectivity index (χ2n) is 6.41. The molecule has 3 aromatic rings. The average molecular weight is 360 g/mol. The molecule has 1 heterocycles. The Labute approximate surface area is 159 Å². The van der Waals surface area contributed by atoms with Gasteiger partial charge in [-0.3, -0.25) is 4.79 Å². The number of nitrogens with zero attached hydrogens (tertiary/aromatic N) is 2. The van der Waals surface area contributed by atoms with Gasteiger partial charge in [0, 0.05) is 19.2 Å². The molecule has 0 aliphatic heterocycles. The minimum absolute atomic E-state index is 0.176. The number of anilines is 1. The lowest BCUT2D eigenvalue weighted by Crippen LogP contribution is -2.26. The Balaban J connectivity index is 1.49. The minimum atomic E-state index is -0.176. The van der Waals surface area contributed by atoms with Crippen LogP contribution in [0.1, 0.15) is 33.6 Å². The van der Waals surface area contributed by atoms with E-state index in [1.54, 1.807) is 6.07 Å². The van der Waals surface area contributed by atoms with Crippen molar-refractivity contribution in [1.29, 1.82) is 0 Å². The number of carbonyl (C=O) groups excluding carboxylic acids is 1. The van der Waals surface area contributed by atoms with Crippen molar-refractivity contribution in [3.8, 4) is 0 Å². The smallest absolute Gasteiger partial charge is 0.270 e. The van der Waals surface area contributed by atoms with Gasteiger partial charge in [0.25, 0.3) is 5.91 Å². The highest BCUT2D eigenvalue weighted by Gasteiger charge is 2.08. The van der Waals surface area contributed by atoms with Crippen LogP contribution in [0.25, 0.3) is 0 Å². The normalized spacial score (nSPS) is 10.4. The number of aromatic nitrogens is 2. The molecule has 0 fully saturated rings. The molecule has 5 heteroatoms. The molecule has 0 atom stereocenters. The van der Waals surface area contributed by atoms with Crippen LogP contribution < -0.4 is 10.6 Å². The first-order valence-corrected chi connectivity index (χ1v) is 9.15. The van der Waals surface area contributed by atoms with Gasteiger partial charge >= 0.3 is 0 Å². The average Bonchev–Trinajstić information content (AvgIpc) is 2.71. The van der Waals surface area contributed by atoms with Crippen LogP contribution in [-0.2, 0) is 13.0 Å². The Bertz CT molecular complexity index is 880. The van der Waals surface area contributed by atoms with Crippen LogP contribution in [0, 0.1) is 6.92 Å². The van der Waals surface area contributed by atoms with E-state index in [4.69, 9.17) is 0 Å². The summed E-state index contributed by atoms with van der Waals surface area (Å²) in [7, 11) is 0. The lowest BCUT2D eigenvalue weighted by molar-refractivity contribution is 0.0948. The largest absolute Gasteiger partial charge is 0.366 e. The standard InChI is InChI=1S/C22H24N4O/c1-17-8-5-6-12-19(17)15-24-21-14-20(25-16-26-21)22(27)23-13-7-11-18-9-3-2-4-10-18/h2-6,8-10,12,14,16H,7,11,13,15H2,1H3,(H,23,27)(H,24,25,26). The van der Waals surface area contributed by atoms with Gasteiger partial charge in [0.15, 0.2) is 0 Å². The van der Waals surface area contributed by atoms with Gasteiger partial charge in [-0.2, -0.15) is 0 Å². The van der Waals surface area contributed by atoms with Crippen LogP contribution in [-0.4, -0.2) is 22.4 Å². The summed E-state index contributed by atoms with van der Waals surface area (Å²) in [5.41, 5.74) is 4.06. The zero-order valence-corrected chi connectivity index (χ0v) is 15.5.